The Kier molecular flexibility index (Phi) is 2.50. The van der Waals surface area contributed by atoms with Gasteiger partial charge >= 0.3 is 0 Å². The minimum absolute atomic E-state index is 0.0768. The van der Waals surface area contributed by atoms with Crippen molar-refractivity contribution in [2.45, 2.75) is 36.6 Å². The quantitative estimate of drug-likeness (QED) is 0.753. The fourth-order valence-electron chi connectivity index (χ4n) is 2.06. The van der Waals surface area contributed by atoms with Gasteiger partial charge in [-0.1, -0.05) is 0 Å². The molecule has 2 N–H and O–H groups in total. The maximum absolute atomic E-state index is 13.0. The van der Waals surface area contributed by atoms with Crippen molar-refractivity contribution in [3.05, 3.63) is 24.0 Å². The van der Waals surface area contributed by atoms with Crippen molar-refractivity contribution < 1.29 is 4.39 Å². The van der Waals surface area contributed by atoms with Crippen molar-refractivity contribution >= 4 is 23.6 Å². The monoisotopic (exact) mass is 251 g/mol. The number of rotatable bonds is 1. The van der Waals surface area contributed by atoms with Gasteiger partial charge in [0.05, 0.1) is 16.1 Å². The van der Waals surface area contributed by atoms with Crippen molar-refractivity contribution in [1.82, 2.24) is 4.72 Å². The second-order valence-corrected chi connectivity index (χ2v) is 5.63. The van der Waals surface area contributed by atoms with E-state index in [0.717, 1.165) is 29.4 Å². The van der Waals surface area contributed by atoms with Crippen molar-refractivity contribution in [2.75, 3.05) is 5.32 Å². The van der Waals surface area contributed by atoms with Crippen molar-refractivity contribution in [3.8, 4) is 0 Å². The third kappa shape index (κ3) is 2.11. The molecule has 0 spiro atoms. The first-order valence-corrected chi connectivity index (χ1v) is 6.56. The molecule has 17 heavy (non-hydrogen) atoms. The normalized spacial score (nSPS) is 23.3. The van der Waals surface area contributed by atoms with Crippen LogP contribution in [0.1, 0.15) is 26.2 Å². The van der Waals surface area contributed by atoms with E-state index in [4.69, 9.17) is 0 Å². The number of nitrogens with one attached hydrogen (secondary N) is 2. The highest BCUT2D eigenvalue weighted by Gasteiger charge is 2.32. The lowest BCUT2D eigenvalue weighted by atomic mass is 9.79. The molecule has 0 aromatic heterocycles. The second kappa shape index (κ2) is 3.91. The van der Waals surface area contributed by atoms with Crippen LogP contribution in [0.15, 0.2) is 28.1 Å². The Morgan fingerprint density at radius 1 is 1.41 bits per heavy atom. The molecule has 0 amide bonds. The lowest BCUT2D eigenvalue weighted by Gasteiger charge is -2.35. The minimum Gasteiger partial charge on any atom is -0.325 e. The third-order valence-electron chi connectivity index (χ3n) is 3.27. The van der Waals surface area contributed by atoms with Gasteiger partial charge in [0.2, 0.25) is 5.96 Å². The highest BCUT2D eigenvalue weighted by atomic mass is 32.2. The topological polar surface area (TPSA) is 36.4 Å². The van der Waals surface area contributed by atoms with Crippen LogP contribution >= 0.6 is 11.9 Å². The lowest BCUT2D eigenvalue weighted by Crippen LogP contribution is -2.38. The van der Waals surface area contributed by atoms with Gasteiger partial charge < -0.3 is 5.32 Å². The predicted octanol–water partition coefficient (Wildman–Crippen LogP) is 3.15. The summed E-state index contributed by atoms with van der Waals surface area (Å²) in [4.78, 5) is 5.54. The summed E-state index contributed by atoms with van der Waals surface area (Å²) in [6.45, 7) is 2.16. The van der Waals surface area contributed by atoms with Gasteiger partial charge in [0, 0.05) is 0 Å². The molecule has 1 aliphatic heterocycles. The van der Waals surface area contributed by atoms with Crippen LogP contribution in [-0.2, 0) is 0 Å². The molecule has 0 unspecified atom stereocenters. The number of anilines is 1. The van der Waals surface area contributed by atoms with E-state index in [1.807, 2.05) is 0 Å². The third-order valence-corrected chi connectivity index (χ3v) is 4.12. The van der Waals surface area contributed by atoms with E-state index < -0.39 is 0 Å². The Balaban J connectivity index is 1.83. The molecule has 0 saturated heterocycles. The summed E-state index contributed by atoms with van der Waals surface area (Å²) in [5, 5.41) is 3.20. The molecule has 3 nitrogen and oxygen atoms in total. The first-order valence-electron chi connectivity index (χ1n) is 5.74. The maximum Gasteiger partial charge on any atom is 0.206 e. The van der Waals surface area contributed by atoms with Crippen molar-refractivity contribution in [3.63, 3.8) is 0 Å². The molecule has 0 radical (unpaired) electrons. The Morgan fingerprint density at radius 3 is 2.94 bits per heavy atom. The number of guanidine groups is 1. The fourth-order valence-corrected chi connectivity index (χ4v) is 2.77. The summed E-state index contributed by atoms with van der Waals surface area (Å²) in [5.74, 6) is 0.558. The van der Waals surface area contributed by atoms with Crippen LogP contribution in [0.2, 0.25) is 0 Å². The van der Waals surface area contributed by atoms with Crippen LogP contribution in [0.4, 0.5) is 10.1 Å². The Labute approximate surface area is 104 Å². The van der Waals surface area contributed by atoms with Crippen molar-refractivity contribution in [2.24, 2.45) is 4.99 Å². The van der Waals surface area contributed by atoms with Gasteiger partial charge in [-0.15, -0.1) is 0 Å². The van der Waals surface area contributed by atoms with Crippen LogP contribution in [0, 0.1) is 5.82 Å². The molecule has 5 heteroatoms. The standard InChI is InChI=1S/C12H14FN3S/c1-12(5-2-6-12)15-11-14-9-4-3-8(13)7-10(9)17-16-11/h3-4,7H,2,5-6H2,1H3,(H2,14,15,16). The van der Waals surface area contributed by atoms with Gasteiger partial charge in [-0.3, -0.25) is 4.72 Å². The van der Waals surface area contributed by atoms with Gasteiger partial charge in [-0.05, 0) is 56.3 Å². The summed E-state index contributed by atoms with van der Waals surface area (Å²) in [5.41, 5.74) is 0.991. The summed E-state index contributed by atoms with van der Waals surface area (Å²) < 4.78 is 16.1. The van der Waals surface area contributed by atoms with Crippen LogP contribution in [0.5, 0.6) is 0 Å². The number of benzene rings is 1. The molecule has 2 aliphatic rings. The molecular formula is C12H14FN3S. The molecule has 1 fully saturated rings. The molecular weight excluding hydrogens is 237 g/mol. The van der Waals surface area contributed by atoms with E-state index in [1.54, 1.807) is 6.07 Å². The zero-order valence-electron chi connectivity index (χ0n) is 9.59. The number of aliphatic imine (C=N–C) groups is 1. The summed E-state index contributed by atoms with van der Waals surface area (Å²) in [6.07, 6.45) is 3.53. The van der Waals surface area contributed by atoms with E-state index in [9.17, 15) is 4.39 Å². The van der Waals surface area contributed by atoms with Gasteiger partial charge in [-0.25, -0.2) is 9.38 Å². The molecule has 0 bridgehead atoms. The highest BCUT2D eigenvalue weighted by Crippen LogP contribution is 2.36. The number of fused-ring (bicyclic) bond motifs is 1. The van der Waals surface area contributed by atoms with Gasteiger partial charge in [0.1, 0.15) is 5.82 Å². The average Bonchev–Trinajstić information content (AvgIpc) is 2.27. The van der Waals surface area contributed by atoms with Gasteiger partial charge in [0.15, 0.2) is 0 Å². The van der Waals surface area contributed by atoms with Gasteiger partial charge in [-0.2, -0.15) is 0 Å². The number of hydrogen-bond acceptors (Lipinski definition) is 2. The fraction of sp³-hybridized carbons (Fsp3) is 0.417. The van der Waals surface area contributed by atoms with Crippen molar-refractivity contribution in [1.29, 1.82) is 0 Å². The summed E-state index contributed by atoms with van der Waals surface area (Å²) in [7, 11) is 0. The summed E-state index contributed by atoms with van der Waals surface area (Å²) >= 11 is 1.40. The van der Waals surface area contributed by atoms with Crippen LogP contribution < -0.4 is 10.0 Å². The van der Waals surface area contributed by atoms with E-state index in [2.05, 4.69) is 22.0 Å². The average molecular weight is 251 g/mol. The Morgan fingerprint density at radius 2 is 2.24 bits per heavy atom. The first-order chi connectivity index (χ1) is 8.15. The smallest absolute Gasteiger partial charge is 0.206 e. The number of halogens is 1. The highest BCUT2D eigenvalue weighted by molar-refractivity contribution is 7.98. The SMILES string of the molecule is CC1(N=C2NSc3cc(F)ccc3N2)CCC1. The zero-order chi connectivity index (χ0) is 11.9. The first kappa shape index (κ1) is 10.9. The minimum atomic E-state index is -0.216. The number of nitrogens with zero attached hydrogens (tertiary/aromatic N) is 1. The van der Waals surface area contributed by atoms with Crippen LogP contribution in [0.25, 0.3) is 0 Å². The lowest BCUT2D eigenvalue weighted by molar-refractivity contribution is 0.279. The van der Waals surface area contributed by atoms with E-state index in [-0.39, 0.29) is 11.4 Å². The van der Waals surface area contributed by atoms with Gasteiger partial charge in [0.25, 0.3) is 0 Å². The zero-order valence-corrected chi connectivity index (χ0v) is 10.4. The van der Waals surface area contributed by atoms with Crippen LogP contribution in [-0.4, -0.2) is 11.5 Å². The maximum atomic E-state index is 13.0. The Bertz CT molecular complexity index is 483. The molecule has 1 aromatic rings. The molecule has 1 aromatic carbocycles. The second-order valence-electron chi connectivity index (χ2n) is 4.78. The van der Waals surface area contributed by atoms with E-state index in [1.165, 1.54) is 30.5 Å². The molecule has 3 rings (SSSR count). The van der Waals surface area contributed by atoms with E-state index in [0.29, 0.717) is 0 Å². The van der Waals surface area contributed by atoms with E-state index >= 15 is 0 Å². The van der Waals surface area contributed by atoms with Crippen LogP contribution in [0.3, 0.4) is 0 Å². The number of hydrogen-bond donors (Lipinski definition) is 2. The predicted molar refractivity (Wildman–Crippen MR) is 68.7 cm³/mol. The summed E-state index contributed by atoms with van der Waals surface area (Å²) in [6, 6.07) is 4.72. The molecule has 1 aliphatic carbocycles. The molecule has 90 valence electrons. The largest absolute Gasteiger partial charge is 0.325 e. The molecule has 0 atom stereocenters. The Hall–Kier alpha value is -1.23. The molecule has 1 heterocycles. The molecule has 1 saturated carbocycles.